The van der Waals surface area contributed by atoms with Crippen molar-refractivity contribution < 1.29 is 5.11 Å². The van der Waals surface area contributed by atoms with Crippen LogP contribution in [0.4, 0.5) is 0 Å². The molecule has 1 unspecified atom stereocenters. The molecule has 1 heterocycles. The molecule has 56 valence electrons. The van der Waals surface area contributed by atoms with E-state index in [1.165, 1.54) is 11.3 Å². The lowest BCUT2D eigenvalue weighted by atomic mass is 10.4. The zero-order valence-electron chi connectivity index (χ0n) is 5.74. The molecule has 0 spiro atoms. The van der Waals surface area contributed by atoms with E-state index >= 15 is 0 Å². The Kier molecular flexibility index (Phi) is 2.37. The van der Waals surface area contributed by atoms with E-state index in [-0.39, 0.29) is 12.6 Å². The Morgan fingerprint density at radius 3 is 2.90 bits per heavy atom. The molecular formula is C6H10N2OS. The molecule has 0 aliphatic rings. The first-order valence-corrected chi connectivity index (χ1v) is 3.92. The number of aliphatic hydroxyl groups excluding tert-OH is 1. The van der Waals surface area contributed by atoms with Crippen molar-refractivity contribution in [2.75, 3.05) is 0 Å². The standard InChI is InChI=1S/C6H10N2OS/c1-4(7)6-8-5(2-9)3-10-6/h3-4,9H,2,7H2,1H3. The summed E-state index contributed by atoms with van der Waals surface area (Å²) in [6.45, 7) is 1.88. The third kappa shape index (κ3) is 1.53. The molecule has 0 fully saturated rings. The van der Waals surface area contributed by atoms with Crippen molar-refractivity contribution in [1.82, 2.24) is 4.98 Å². The quantitative estimate of drug-likeness (QED) is 0.664. The van der Waals surface area contributed by atoms with Crippen LogP contribution in [0.5, 0.6) is 0 Å². The number of aromatic nitrogens is 1. The molecule has 0 saturated carbocycles. The van der Waals surface area contributed by atoms with Gasteiger partial charge in [0.25, 0.3) is 0 Å². The summed E-state index contributed by atoms with van der Waals surface area (Å²) in [5.41, 5.74) is 6.25. The Balaban J connectivity index is 2.78. The van der Waals surface area contributed by atoms with Crippen LogP contribution < -0.4 is 5.73 Å². The summed E-state index contributed by atoms with van der Waals surface area (Å²) in [4.78, 5) is 4.07. The Morgan fingerprint density at radius 2 is 2.60 bits per heavy atom. The Bertz CT molecular complexity index is 209. The summed E-state index contributed by atoms with van der Waals surface area (Å²) >= 11 is 1.49. The molecule has 3 N–H and O–H groups in total. The fraction of sp³-hybridized carbons (Fsp3) is 0.500. The SMILES string of the molecule is CC(N)c1nc(CO)cs1. The van der Waals surface area contributed by atoms with Gasteiger partial charge in [-0.25, -0.2) is 4.98 Å². The molecule has 0 bridgehead atoms. The van der Waals surface area contributed by atoms with Gasteiger partial charge in [-0.05, 0) is 6.92 Å². The second-order valence-corrected chi connectivity index (χ2v) is 3.01. The fourth-order valence-corrected chi connectivity index (χ4v) is 1.37. The average molecular weight is 158 g/mol. The average Bonchev–Trinajstić information content (AvgIpc) is 2.34. The number of rotatable bonds is 2. The predicted octanol–water partition coefficient (Wildman–Crippen LogP) is 0.655. The van der Waals surface area contributed by atoms with Crippen LogP contribution in [0.15, 0.2) is 5.38 Å². The Hall–Kier alpha value is -0.450. The van der Waals surface area contributed by atoms with Gasteiger partial charge in [0, 0.05) is 5.38 Å². The van der Waals surface area contributed by atoms with E-state index in [0.29, 0.717) is 5.69 Å². The summed E-state index contributed by atoms with van der Waals surface area (Å²) in [6.07, 6.45) is 0. The Morgan fingerprint density at radius 1 is 1.90 bits per heavy atom. The second-order valence-electron chi connectivity index (χ2n) is 2.12. The van der Waals surface area contributed by atoms with E-state index < -0.39 is 0 Å². The topological polar surface area (TPSA) is 59.1 Å². The lowest BCUT2D eigenvalue weighted by Crippen LogP contribution is -2.04. The van der Waals surface area contributed by atoms with Crippen molar-refractivity contribution in [3.05, 3.63) is 16.1 Å². The van der Waals surface area contributed by atoms with Crippen molar-refractivity contribution >= 4 is 11.3 Å². The molecule has 0 saturated heterocycles. The number of hydrogen-bond acceptors (Lipinski definition) is 4. The van der Waals surface area contributed by atoms with E-state index in [1.807, 2.05) is 12.3 Å². The molecule has 4 heteroatoms. The third-order valence-corrected chi connectivity index (χ3v) is 2.22. The summed E-state index contributed by atoms with van der Waals surface area (Å²) < 4.78 is 0. The van der Waals surface area contributed by atoms with Gasteiger partial charge >= 0.3 is 0 Å². The van der Waals surface area contributed by atoms with Crippen molar-refractivity contribution in [1.29, 1.82) is 0 Å². The van der Waals surface area contributed by atoms with Gasteiger partial charge < -0.3 is 10.8 Å². The van der Waals surface area contributed by atoms with E-state index in [4.69, 9.17) is 10.8 Å². The van der Waals surface area contributed by atoms with Crippen LogP contribution in [0, 0.1) is 0 Å². The number of nitrogens with zero attached hydrogens (tertiary/aromatic N) is 1. The van der Waals surface area contributed by atoms with Gasteiger partial charge in [-0.1, -0.05) is 0 Å². The van der Waals surface area contributed by atoms with Crippen LogP contribution in [0.1, 0.15) is 23.7 Å². The lowest BCUT2D eigenvalue weighted by molar-refractivity contribution is 0.277. The molecule has 0 aliphatic heterocycles. The smallest absolute Gasteiger partial charge is 0.109 e. The monoisotopic (exact) mass is 158 g/mol. The van der Waals surface area contributed by atoms with Gasteiger partial charge in [-0.3, -0.25) is 0 Å². The van der Waals surface area contributed by atoms with Crippen molar-refractivity contribution in [3.63, 3.8) is 0 Å². The molecule has 0 aliphatic carbocycles. The maximum Gasteiger partial charge on any atom is 0.109 e. The zero-order valence-corrected chi connectivity index (χ0v) is 6.56. The van der Waals surface area contributed by atoms with E-state index in [0.717, 1.165) is 5.01 Å². The number of thiazole rings is 1. The first-order chi connectivity index (χ1) is 4.74. The van der Waals surface area contributed by atoms with Crippen LogP contribution in [-0.4, -0.2) is 10.1 Å². The first kappa shape index (κ1) is 7.65. The van der Waals surface area contributed by atoms with E-state index in [1.54, 1.807) is 0 Å². The predicted molar refractivity (Wildman–Crippen MR) is 40.6 cm³/mol. The van der Waals surface area contributed by atoms with Gasteiger partial charge in [-0.15, -0.1) is 11.3 Å². The molecule has 1 aromatic rings. The van der Waals surface area contributed by atoms with E-state index in [9.17, 15) is 0 Å². The molecule has 1 rings (SSSR count). The summed E-state index contributed by atoms with van der Waals surface area (Å²) in [5, 5.41) is 11.3. The van der Waals surface area contributed by atoms with Crippen LogP contribution in [-0.2, 0) is 6.61 Å². The van der Waals surface area contributed by atoms with Crippen molar-refractivity contribution in [2.24, 2.45) is 5.73 Å². The molecule has 1 aromatic heterocycles. The minimum atomic E-state index is -0.0229. The highest BCUT2D eigenvalue weighted by Gasteiger charge is 2.03. The van der Waals surface area contributed by atoms with Crippen LogP contribution in [0.2, 0.25) is 0 Å². The van der Waals surface area contributed by atoms with Crippen LogP contribution in [0.3, 0.4) is 0 Å². The van der Waals surface area contributed by atoms with Gasteiger partial charge in [-0.2, -0.15) is 0 Å². The van der Waals surface area contributed by atoms with Gasteiger partial charge in [0.2, 0.25) is 0 Å². The third-order valence-electron chi connectivity index (χ3n) is 1.12. The molecule has 10 heavy (non-hydrogen) atoms. The molecular weight excluding hydrogens is 148 g/mol. The summed E-state index contributed by atoms with van der Waals surface area (Å²) in [6, 6.07) is -0.0229. The van der Waals surface area contributed by atoms with Crippen molar-refractivity contribution in [2.45, 2.75) is 19.6 Å². The minimum absolute atomic E-state index is 0.00319. The molecule has 0 amide bonds. The maximum absolute atomic E-state index is 8.64. The molecule has 3 nitrogen and oxygen atoms in total. The summed E-state index contributed by atoms with van der Waals surface area (Å²) in [7, 11) is 0. The van der Waals surface area contributed by atoms with Gasteiger partial charge in [0.15, 0.2) is 0 Å². The maximum atomic E-state index is 8.64. The molecule has 0 aromatic carbocycles. The van der Waals surface area contributed by atoms with Crippen LogP contribution >= 0.6 is 11.3 Å². The largest absolute Gasteiger partial charge is 0.390 e. The molecule has 0 radical (unpaired) electrons. The second kappa shape index (κ2) is 3.09. The fourth-order valence-electron chi connectivity index (χ4n) is 0.604. The highest BCUT2D eigenvalue weighted by atomic mass is 32.1. The highest BCUT2D eigenvalue weighted by molar-refractivity contribution is 7.09. The normalized spacial score (nSPS) is 13.5. The lowest BCUT2D eigenvalue weighted by Gasteiger charge is -1.95. The van der Waals surface area contributed by atoms with Gasteiger partial charge in [0.05, 0.1) is 18.3 Å². The number of hydrogen-bond donors (Lipinski definition) is 2. The zero-order chi connectivity index (χ0) is 7.56. The Labute approximate surface area is 63.5 Å². The minimum Gasteiger partial charge on any atom is -0.390 e. The highest BCUT2D eigenvalue weighted by Crippen LogP contribution is 2.15. The first-order valence-electron chi connectivity index (χ1n) is 3.04. The number of aliphatic hydroxyl groups is 1. The summed E-state index contributed by atoms with van der Waals surface area (Å²) in [5.74, 6) is 0. The van der Waals surface area contributed by atoms with Crippen LogP contribution in [0.25, 0.3) is 0 Å². The van der Waals surface area contributed by atoms with Crippen molar-refractivity contribution in [3.8, 4) is 0 Å². The molecule has 1 atom stereocenters. The van der Waals surface area contributed by atoms with Gasteiger partial charge in [0.1, 0.15) is 5.01 Å². The van der Waals surface area contributed by atoms with E-state index in [2.05, 4.69) is 4.98 Å². The number of nitrogens with two attached hydrogens (primary N) is 1.